The van der Waals surface area contributed by atoms with E-state index in [0.717, 1.165) is 5.56 Å². The molecule has 0 aliphatic rings. The summed E-state index contributed by atoms with van der Waals surface area (Å²) in [6.07, 6.45) is 1.51. The molecule has 2 aromatic carbocycles. The maximum absolute atomic E-state index is 13.0. The molecule has 0 aliphatic carbocycles. The van der Waals surface area contributed by atoms with Gasteiger partial charge in [0, 0.05) is 27.7 Å². The summed E-state index contributed by atoms with van der Waals surface area (Å²) in [6.45, 7) is 5.20. The molecule has 3 N–H and O–H groups in total. The number of carbonyl (C=O) groups is 2. The number of pyridine rings is 1. The van der Waals surface area contributed by atoms with Crippen molar-refractivity contribution in [3.05, 3.63) is 75.7 Å². The van der Waals surface area contributed by atoms with Crippen molar-refractivity contribution in [2.75, 3.05) is 5.32 Å². The molecular formula is C22H22ClN3O3. The summed E-state index contributed by atoms with van der Waals surface area (Å²) < 4.78 is 1.29. The van der Waals surface area contributed by atoms with Crippen LogP contribution in [-0.2, 0) is 15.0 Å². The van der Waals surface area contributed by atoms with Gasteiger partial charge in [-0.3, -0.25) is 14.4 Å². The molecule has 6 nitrogen and oxygen atoms in total. The van der Waals surface area contributed by atoms with E-state index in [2.05, 4.69) is 5.32 Å². The van der Waals surface area contributed by atoms with Crippen molar-refractivity contribution in [3.8, 4) is 0 Å². The van der Waals surface area contributed by atoms with Crippen LogP contribution in [0.5, 0.6) is 0 Å². The summed E-state index contributed by atoms with van der Waals surface area (Å²) in [4.78, 5) is 37.3. The summed E-state index contributed by atoms with van der Waals surface area (Å²) in [6, 6.07) is 13.1. The SMILES string of the molecule is CC(C(N)=O)n1ccc2c(NC(=O)C(C)(C)c3ccc(Cl)cc3)cccc2c1=O. The first-order chi connectivity index (χ1) is 13.6. The van der Waals surface area contributed by atoms with Crippen LogP contribution < -0.4 is 16.6 Å². The van der Waals surface area contributed by atoms with E-state index < -0.39 is 17.4 Å². The quantitative estimate of drug-likeness (QED) is 0.671. The predicted molar refractivity (Wildman–Crippen MR) is 115 cm³/mol. The Morgan fingerprint density at radius 1 is 1.07 bits per heavy atom. The minimum atomic E-state index is -0.817. The fourth-order valence-electron chi connectivity index (χ4n) is 3.12. The van der Waals surface area contributed by atoms with Crippen LogP contribution in [0.1, 0.15) is 32.4 Å². The number of amides is 2. The molecule has 3 aromatic rings. The molecule has 2 amide bonds. The van der Waals surface area contributed by atoms with E-state index in [-0.39, 0.29) is 11.5 Å². The van der Waals surface area contributed by atoms with Crippen LogP contribution in [0.2, 0.25) is 5.02 Å². The molecule has 29 heavy (non-hydrogen) atoms. The Hall–Kier alpha value is -3.12. The summed E-state index contributed by atoms with van der Waals surface area (Å²) in [5, 5.41) is 4.50. The van der Waals surface area contributed by atoms with Crippen molar-refractivity contribution in [3.63, 3.8) is 0 Å². The molecule has 1 aromatic heterocycles. The maximum atomic E-state index is 13.0. The third-order valence-electron chi connectivity index (χ3n) is 5.18. The number of carbonyl (C=O) groups excluding carboxylic acids is 2. The van der Waals surface area contributed by atoms with Crippen LogP contribution >= 0.6 is 11.6 Å². The molecule has 0 spiro atoms. The lowest BCUT2D eigenvalue weighted by atomic mass is 9.83. The van der Waals surface area contributed by atoms with Gasteiger partial charge in [0.15, 0.2) is 0 Å². The molecule has 7 heteroatoms. The Bertz CT molecular complexity index is 1150. The van der Waals surface area contributed by atoms with E-state index >= 15 is 0 Å². The van der Waals surface area contributed by atoms with Crippen molar-refractivity contribution in [2.24, 2.45) is 5.73 Å². The summed E-state index contributed by atoms with van der Waals surface area (Å²) in [5.41, 5.74) is 5.50. The highest BCUT2D eigenvalue weighted by atomic mass is 35.5. The Morgan fingerprint density at radius 2 is 1.72 bits per heavy atom. The summed E-state index contributed by atoms with van der Waals surface area (Å²) in [7, 11) is 0. The molecule has 0 saturated heterocycles. The molecule has 1 unspecified atom stereocenters. The minimum Gasteiger partial charge on any atom is -0.368 e. The first-order valence-corrected chi connectivity index (χ1v) is 9.51. The lowest BCUT2D eigenvalue weighted by Crippen LogP contribution is -2.35. The van der Waals surface area contributed by atoms with Gasteiger partial charge in [-0.15, -0.1) is 0 Å². The van der Waals surface area contributed by atoms with Gasteiger partial charge in [-0.05, 0) is 56.7 Å². The number of nitrogens with one attached hydrogen (secondary N) is 1. The molecule has 0 saturated carbocycles. The number of nitrogens with zero attached hydrogens (tertiary/aromatic N) is 1. The van der Waals surface area contributed by atoms with Crippen molar-refractivity contribution in [2.45, 2.75) is 32.2 Å². The number of fused-ring (bicyclic) bond motifs is 1. The maximum Gasteiger partial charge on any atom is 0.259 e. The number of nitrogens with two attached hydrogens (primary N) is 1. The van der Waals surface area contributed by atoms with Gasteiger partial charge in [-0.1, -0.05) is 29.8 Å². The van der Waals surface area contributed by atoms with Gasteiger partial charge in [-0.2, -0.15) is 0 Å². The van der Waals surface area contributed by atoms with Gasteiger partial charge in [0.05, 0.1) is 5.41 Å². The highest BCUT2D eigenvalue weighted by Crippen LogP contribution is 2.28. The molecule has 3 rings (SSSR count). The molecular weight excluding hydrogens is 390 g/mol. The van der Waals surface area contributed by atoms with Gasteiger partial charge in [-0.25, -0.2) is 0 Å². The van der Waals surface area contributed by atoms with Gasteiger partial charge >= 0.3 is 0 Å². The zero-order chi connectivity index (χ0) is 21.3. The largest absolute Gasteiger partial charge is 0.368 e. The highest BCUT2D eigenvalue weighted by molar-refractivity contribution is 6.30. The van der Waals surface area contributed by atoms with Gasteiger partial charge in [0.25, 0.3) is 5.56 Å². The smallest absolute Gasteiger partial charge is 0.259 e. The topological polar surface area (TPSA) is 94.2 Å². The molecule has 0 fully saturated rings. The third kappa shape index (κ3) is 3.89. The number of hydrogen-bond donors (Lipinski definition) is 2. The molecule has 1 heterocycles. The predicted octanol–water partition coefficient (Wildman–Crippen LogP) is 3.62. The minimum absolute atomic E-state index is 0.220. The van der Waals surface area contributed by atoms with Crippen LogP contribution in [0.4, 0.5) is 5.69 Å². The molecule has 0 radical (unpaired) electrons. The molecule has 0 aliphatic heterocycles. The number of anilines is 1. The fraction of sp³-hybridized carbons (Fsp3) is 0.227. The number of halogens is 1. The normalized spacial score (nSPS) is 12.6. The van der Waals surface area contributed by atoms with Gasteiger partial charge < -0.3 is 15.6 Å². The fourth-order valence-corrected chi connectivity index (χ4v) is 3.25. The Balaban J connectivity index is 1.99. The van der Waals surface area contributed by atoms with E-state index in [4.69, 9.17) is 17.3 Å². The highest BCUT2D eigenvalue weighted by Gasteiger charge is 2.30. The number of benzene rings is 2. The van der Waals surface area contributed by atoms with Crippen molar-refractivity contribution < 1.29 is 9.59 Å². The average molecular weight is 412 g/mol. The van der Waals surface area contributed by atoms with Crippen molar-refractivity contribution >= 4 is 39.9 Å². The standard InChI is InChI=1S/C22H22ClN3O3/c1-13(19(24)27)26-12-11-16-17(20(26)28)5-4-6-18(16)25-21(29)22(2,3)14-7-9-15(23)10-8-14/h4-13H,1-3H3,(H2,24,27)(H,25,29). The number of hydrogen-bond acceptors (Lipinski definition) is 3. The zero-order valence-corrected chi connectivity index (χ0v) is 17.2. The van der Waals surface area contributed by atoms with E-state index in [1.165, 1.54) is 10.8 Å². The van der Waals surface area contributed by atoms with E-state index in [9.17, 15) is 14.4 Å². The van der Waals surface area contributed by atoms with E-state index in [1.807, 2.05) is 26.0 Å². The monoisotopic (exact) mass is 411 g/mol. The second-order valence-corrected chi connectivity index (χ2v) is 7.90. The van der Waals surface area contributed by atoms with E-state index in [0.29, 0.717) is 21.5 Å². The van der Waals surface area contributed by atoms with Crippen LogP contribution in [0.25, 0.3) is 10.8 Å². The first-order valence-electron chi connectivity index (χ1n) is 9.13. The lowest BCUT2D eigenvalue weighted by molar-refractivity contribution is -0.121. The van der Waals surface area contributed by atoms with Crippen LogP contribution in [0.3, 0.4) is 0 Å². The van der Waals surface area contributed by atoms with Crippen molar-refractivity contribution in [1.29, 1.82) is 0 Å². The van der Waals surface area contributed by atoms with Gasteiger partial charge in [0.1, 0.15) is 6.04 Å². The number of rotatable bonds is 5. The van der Waals surface area contributed by atoms with E-state index in [1.54, 1.807) is 43.3 Å². The molecule has 150 valence electrons. The number of primary amides is 1. The van der Waals surface area contributed by atoms with Crippen LogP contribution in [-0.4, -0.2) is 16.4 Å². The van der Waals surface area contributed by atoms with Crippen LogP contribution in [0.15, 0.2) is 59.5 Å². The Morgan fingerprint density at radius 3 is 2.34 bits per heavy atom. The van der Waals surface area contributed by atoms with Crippen molar-refractivity contribution in [1.82, 2.24) is 4.57 Å². The zero-order valence-electron chi connectivity index (χ0n) is 16.4. The van der Waals surface area contributed by atoms with Crippen LogP contribution in [0, 0.1) is 0 Å². The third-order valence-corrected chi connectivity index (χ3v) is 5.44. The summed E-state index contributed by atoms with van der Waals surface area (Å²) >= 11 is 5.94. The second kappa shape index (κ2) is 7.72. The summed E-state index contributed by atoms with van der Waals surface area (Å²) in [5.74, 6) is -0.817. The molecule has 0 bridgehead atoms. The lowest BCUT2D eigenvalue weighted by Gasteiger charge is -2.25. The Kier molecular flexibility index (Phi) is 5.48. The first kappa shape index (κ1) is 20.6. The number of aromatic nitrogens is 1. The van der Waals surface area contributed by atoms with Gasteiger partial charge in [0.2, 0.25) is 11.8 Å². The second-order valence-electron chi connectivity index (χ2n) is 7.46. The molecule has 1 atom stereocenters. The average Bonchev–Trinajstić information content (AvgIpc) is 2.68. The Labute approximate surface area is 173 Å².